The van der Waals surface area contributed by atoms with Crippen LogP contribution in [0.25, 0.3) is 0 Å². The smallest absolute Gasteiger partial charge is 0.279 e. The number of non-ortho nitro benzene ring substituents is 1. The number of amides is 1. The van der Waals surface area contributed by atoms with Crippen LogP contribution < -0.4 is 10.2 Å². The molecule has 1 aliphatic heterocycles. The van der Waals surface area contributed by atoms with Crippen molar-refractivity contribution in [2.45, 2.75) is 0 Å². The van der Waals surface area contributed by atoms with E-state index < -0.39 is 4.92 Å². The number of morpholine rings is 1. The summed E-state index contributed by atoms with van der Waals surface area (Å²) in [5, 5.41) is 13.3. The third-order valence-corrected chi connectivity index (χ3v) is 2.95. The van der Waals surface area contributed by atoms with Gasteiger partial charge in [-0.3, -0.25) is 14.9 Å². The normalized spacial score (nSPS) is 16.0. The van der Waals surface area contributed by atoms with Gasteiger partial charge in [0.25, 0.3) is 11.6 Å². The second-order valence-electron chi connectivity index (χ2n) is 4.39. The molecule has 1 aromatic carbocycles. The van der Waals surface area contributed by atoms with Crippen LogP contribution in [0.4, 0.5) is 11.4 Å². The van der Waals surface area contributed by atoms with E-state index in [2.05, 4.69) is 5.32 Å². The van der Waals surface area contributed by atoms with E-state index >= 15 is 0 Å². The van der Waals surface area contributed by atoms with Crippen LogP contribution in [0.1, 0.15) is 0 Å². The molecule has 0 unspecified atom stereocenters. The van der Waals surface area contributed by atoms with E-state index in [-0.39, 0.29) is 11.6 Å². The fraction of sp³-hybridized carbons (Fsp3) is 0.417. The Bertz CT molecular complexity index is 472. The molecular formula is C12H16N3O4+. The molecule has 2 rings (SSSR count). The summed E-state index contributed by atoms with van der Waals surface area (Å²) in [6.45, 7) is 3.30. The second kappa shape index (κ2) is 6.26. The molecule has 0 aromatic heterocycles. The minimum absolute atomic E-state index is 0.0310. The summed E-state index contributed by atoms with van der Waals surface area (Å²) in [5.41, 5.74) is 0.420. The van der Waals surface area contributed by atoms with Crippen LogP contribution in [-0.4, -0.2) is 43.7 Å². The Morgan fingerprint density at radius 1 is 1.42 bits per heavy atom. The number of anilines is 1. The van der Waals surface area contributed by atoms with Crippen LogP contribution in [0, 0.1) is 10.1 Å². The Morgan fingerprint density at radius 3 is 2.84 bits per heavy atom. The van der Waals surface area contributed by atoms with Crippen molar-refractivity contribution in [1.82, 2.24) is 0 Å². The lowest BCUT2D eigenvalue weighted by Gasteiger charge is -2.23. The van der Waals surface area contributed by atoms with Gasteiger partial charge in [0, 0.05) is 17.8 Å². The molecule has 7 heteroatoms. The Morgan fingerprint density at radius 2 is 2.16 bits per heavy atom. The van der Waals surface area contributed by atoms with Crippen molar-refractivity contribution in [1.29, 1.82) is 0 Å². The molecule has 102 valence electrons. The van der Waals surface area contributed by atoms with E-state index in [1.165, 1.54) is 12.1 Å². The fourth-order valence-corrected chi connectivity index (χ4v) is 1.97. The van der Waals surface area contributed by atoms with Crippen molar-refractivity contribution in [3.63, 3.8) is 0 Å². The minimum Gasteiger partial charge on any atom is -0.370 e. The van der Waals surface area contributed by atoms with Crippen LogP contribution in [0.5, 0.6) is 0 Å². The first-order chi connectivity index (χ1) is 9.15. The monoisotopic (exact) mass is 266 g/mol. The molecule has 0 radical (unpaired) electrons. The molecule has 1 saturated heterocycles. The number of hydrogen-bond acceptors (Lipinski definition) is 4. The predicted octanol–water partition coefficient (Wildman–Crippen LogP) is -0.552. The summed E-state index contributed by atoms with van der Waals surface area (Å²) in [6.07, 6.45) is 0. The highest BCUT2D eigenvalue weighted by atomic mass is 16.6. The van der Waals surface area contributed by atoms with E-state index in [1.54, 1.807) is 12.1 Å². The van der Waals surface area contributed by atoms with Gasteiger partial charge in [-0.05, 0) is 6.07 Å². The lowest BCUT2D eigenvalue weighted by Crippen LogP contribution is -3.15. The second-order valence-corrected chi connectivity index (χ2v) is 4.39. The average Bonchev–Trinajstić information content (AvgIpc) is 2.40. The van der Waals surface area contributed by atoms with E-state index in [9.17, 15) is 14.9 Å². The highest BCUT2D eigenvalue weighted by molar-refractivity contribution is 5.91. The summed E-state index contributed by atoms with van der Waals surface area (Å²) in [6, 6.07) is 5.93. The Balaban J connectivity index is 1.90. The maximum atomic E-state index is 11.8. The van der Waals surface area contributed by atoms with Crippen LogP contribution in [0.15, 0.2) is 24.3 Å². The van der Waals surface area contributed by atoms with Crippen LogP contribution in [0.2, 0.25) is 0 Å². The zero-order chi connectivity index (χ0) is 13.7. The molecule has 0 saturated carbocycles. The van der Waals surface area contributed by atoms with Gasteiger partial charge >= 0.3 is 0 Å². The first-order valence-corrected chi connectivity index (χ1v) is 6.11. The lowest BCUT2D eigenvalue weighted by molar-refractivity contribution is -0.899. The molecule has 0 spiro atoms. The number of ether oxygens (including phenoxy) is 1. The number of hydrogen-bond donors (Lipinski definition) is 2. The number of nitrogens with zero attached hydrogens (tertiary/aromatic N) is 1. The van der Waals surface area contributed by atoms with Crippen LogP contribution >= 0.6 is 0 Å². The largest absolute Gasteiger partial charge is 0.370 e. The summed E-state index contributed by atoms with van der Waals surface area (Å²) < 4.78 is 5.21. The maximum Gasteiger partial charge on any atom is 0.279 e. The molecule has 1 fully saturated rings. The van der Waals surface area contributed by atoms with E-state index in [4.69, 9.17) is 4.74 Å². The van der Waals surface area contributed by atoms with Gasteiger partial charge in [-0.1, -0.05) is 6.07 Å². The molecule has 19 heavy (non-hydrogen) atoms. The summed E-state index contributed by atoms with van der Waals surface area (Å²) in [4.78, 5) is 23.1. The summed E-state index contributed by atoms with van der Waals surface area (Å²) >= 11 is 0. The van der Waals surface area contributed by atoms with Crippen molar-refractivity contribution in [2.75, 3.05) is 38.2 Å². The molecule has 7 nitrogen and oxygen atoms in total. The Labute approximate surface area is 110 Å². The number of benzene rings is 1. The molecular weight excluding hydrogens is 250 g/mol. The van der Waals surface area contributed by atoms with Gasteiger partial charge in [-0.15, -0.1) is 0 Å². The van der Waals surface area contributed by atoms with Gasteiger partial charge in [0.1, 0.15) is 13.1 Å². The molecule has 1 amide bonds. The first kappa shape index (κ1) is 13.4. The van der Waals surface area contributed by atoms with Crippen LogP contribution in [-0.2, 0) is 9.53 Å². The first-order valence-electron chi connectivity index (χ1n) is 6.11. The number of carbonyl (C=O) groups excluding carboxylic acids is 1. The standard InChI is InChI=1S/C12H15N3O4/c16-12(9-14-4-6-19-7-5-14)13-10-2-1-3-11(8-10)15(17)18/h1-3,8H,4-7,9H2,(H,13,16)/p+1. The lowest BCUT2D eigenvalue weighted by atomic mass is 10.3. The fourth-order valence-electron chi connectivity index (χ4n) is 1.97. The Hall–Kier alpha value is -1.99. The van der Waals surface area contributed by atoms with Gasteiger partial charge in [-0.25, -0.2) is 0 Å². The van der Waals surface area contributed by atoms with E-state index in [1.807, 2.05) is 0 Å². The highest BCUT2D eigenvalue weighted by Crippen LogP contribution is 2.16. The van der Waals surface area contributed by atoms with Crippen molar-refractivity contribution in [3.8, 4) is 0 Å². The quantitative estimate of drug-likeness (QED) is 0.565. The van der Waals surface area contributed by atoms with Crippen molar-refractivity contribution < 1.29 is 19.4 Å². The van der Waals surface area contributed by atoms with Gasteiger partial charge in [0.15, 0.2) is 6.54 Å². The van der Waals surface area contributed by atoms with Crippen LogP contribution in [0.3, 0.4) is 0 Å². The number of quaternary nitrogens is 1. The van der Waals surface area contributed by atoms with Gasteiger partial charge in [0.05, 0.1) is 18.1 Å². The molecule has 1 heterocycles. The van der Waals surface area contributed by atoms with Crippen molar-refractivity contribution >= 4 is 17.3 Å². The van der Waals surface area contributed by atoms with Crippen molar-refractivity contribution in [2.24, 2.45) is 0 Å². The maximum absolute atomic E-state index is 11.8. The summed E-state index contributed by atoms with van der Waals surface area (Å²) in [7, 11) is 0. The van der Waals surface area contributed by atoms with Gasteiger partial charge < -0.3 is 15.0 Å². The number of nitrogens with one attached hydrogen (secondary N) is 2. The minimum atomic E-state index is -0.483. The van der Waals surface area contributed by atoms with Gasteiger partial charge in [0.2, 0.25) is 0 Å². The van der Waals surface area contributed by atoms with E-state index in [0.717, 1.165) is 18.0 Å². The number of rotatable bonds is 4. The third-order valence-electron chi connectivity index (χ3n) is 2.95. The number of nitro benzene ring substituents is 1. The van der Waals surface area contributed by atoms with Gasteiger partial charge in [-0.2, -0.15) is 0 Å². The summed E-state index contributed by atoms with van der Waals surface area (Å²) in [5.74, 6) is -0.141. The number of nitro groups is 1. The zero-order valence-electron chi connectivity index (χ0n) is 10.4. The van der Waals surface area contributed by atoms with Crippen molar-refractivity contribution in [3.05, 3.63) is 34.4 Å². The average molecular weight is 266 g/mol. The molecule has 0 bridgehead atoms. The SMILES string of the molecule is O=C(C[NH+]1CCOCC1)Nc1cccc([N+](=O)[O-])c1. The highest BCUT2D eigenvalue weighted by Gasteiger charge is 2.18. The molecule has 2 N–H and O–H groups in total. The topological polar surface area (TPSA) is 85.9 Å². The molecule has 1 aliphatic rings. The number of carbonyl (C=O) groups is 1. The molecule has 0 atom stereocenters. The van der Waals surface area contributed by atoms with E-state index in [0.29, 0.717) is 25.4 Å². The molecule has 0 aliphatic carbocycles. The predicted molar refractivity (Wildman–Crippen MR) is 68.1 cm³/mol. The molecule has 1 aromatic rings. The third kappa shape index (κ3) is 4.01. The Kier molecular flexibility index (Phi) is 4.43. The zero-order valence-corrected chi connectivity index (χ0v) is 10.4.